The molecule has 0 saturated carbocycles. The summed E-state index contributed by atoms with van der Waals surface area (Å²) < 4.78 is 6.77. The Morgan fingerprint density at radius 2 is 1.45 bits per heavy atom. The summed E-state index contributed by atoms with van der Waals surface area (Å²) in [4.78, 5) is 12.7. The van der Waals surface area contributed by atoms with E-state index in [1.54, 1.807) is 0 Å². The highest BCUT2D eigenvalue weighted by Crippen LogP contribution is 2.30. The SMILES string of the molecule is CSC(SC)=C(OCc1ccccc1)C(=O)c1ccccc1. The fraction of sp³-hybridized carbons (Fsp3) is 0.167. The topological polar surface area (TPSA) is 26.3 Å². The van der Waals surface area contributed by atoms with Crippen molar-refractivity contribution in [2.24, 2.45) is 0 Å². The minimum absolute atomic E-state index is 0.0739. The molecule has 0 aliphatic carbocycles. The first kappa shape index (κ1) is 16.7. The summed E-state index contributed by atoms with van der Waals surface area (Å²) in [5.41, 5.74) is 1.69. The van der Waals surface area contributed by atoms with Crippen LogP contribution < -0.4 is 0 Å². The first-order chi connectivity index (χ1) is 10.8. The average Bonchev–Trinajstić information content (AvgIpc) is 2.59. The molecule has 0 saturated heterocycles. The highest BCUT2D eigenvalue weighted by atomic mass is 32.2. The minimum atomic E-state index is -0.0739. The van der Waals surface area contributed by atoms with E-state index in [9.17, 15) is 4.79 Å². The maximum atomic E-state index is 12.7. The van der Waals surface area contributed by atoms with Crippen LogP contribution in [0.1, 0.15) is 15.9 Å². The van der Waals surface area contributed by atoms with Gasteiger partial charge in [-0.1, -0.05) is 60.7 Å². The molecule has 2 aromatic carbocycles. The monoisotopic (exact) mass is 330 g/mol. The van der Waals surface area contributed by atoms with Crippen LogP contribution in [-0.2, 0) is 11.3 Å². The summed E-state index contributed by atoms with van der Waals surface area (Å²) in [5, 5.41) is 0. The molecule has 114 valence electrons. The number of hydrogen-bond donors (Lipinski definition) is 0. The van der Waals surface area contributed by atoms with Crippen molar-refractivity contribution >= 4 is 29.3 Å². The predicted molar refractivity (Wildman–Crippen MR) is 96.1 cm³/mol. The van der Waals surface area contributed by atoms with Crippen LogP contribution in [0.2, 0.25) is 0 Å². The first-order valence-corrected chi connectivity index (χ1v) is 9.30. The fourth-order valence-electron chi connectivity index (χ4n) is 1.94. The van der Waals surface area contributed by atoms with Crippen LogP contribution in [0.25, 0.3) is 0 Å². The van der Waals surface area contributed by atoms with Crippen molar-refractivity contribution in [3.8, 4) is 0 Å². The van der Waals surface area contributed by atoms with Crippen molar-refractivity contribution in [1.29, 1.82) is 0 Å². The minimum Gasteiger partial charge on any atom is -0.483 e. The summed E-state index contributed by atoms with van der Waals surface area (Å²) >= 11 is 3.07. The number of hydrogen-bond acceptors (Lipinski definition) is 4. The molecule has 22 heavy (non-hydrogen) atoms. The first-order valence-electron chi connectivity index (χ1n) is 6.85. The summed E-state index contributed by atoms with van der Waals surface area (Å²) in [6.45, 7) is 0.388. The zero-order chi connectivity index (χ0) is 15.8. The van der Waals surface area contributed by atoms with Gasteiger partial charge < -0.3 is 4.74 Å². The zero-order valence-corrected chi connectivity index (χ0v) is 14.2. The van der Waals surface area contributed by atoms with Crippen LogP contribution in [0.4, 0.5) is 0 Å². The normalized spacial score (nSPS) is 10.1. The van der Waals surface area contributed by atoms with Gasteiger partial charge >= 0.3 is 0 Å². The van der Waals surface area contributed by atoms with Crippen LogP contribution in [0.3, 0.4) is 0 Å². The van der Waals surface area contributed by atoms with Crippen LogP contribution in [-0.4, -0.2) is 18.3 Å². The van der Waals surface area contributed by atoms with Gasteiger partial charge in [0.15, 0.2) is 5.76 Å². The number of Topliss-reactive ketones (excluding diaryl/α,β-unsaturated/α-hetero) is 1. The third-order valence-electron chi connectivity index (χ3n) is 3.02. The molecule has 0 N–H and O–H groups in total. The van der Waals surface area contributed by atoms with Gasteiger partial charge in [0.2, 0.25) is 5.78 Å². The number of rotatable bonds is 7. The number of thioether (sulfide) groups is 2. The molecule has 0 fully saturated rings. The van der Waals surface area contributed by atoms with Crippen LogP contribution in [0.15, 0.2) is 70.7 Å². The molecule has 0 aromatic heterocycles. The molecule has 0 radical (unpaired) electrons. The van der Waals surface area contributed by atoms with Gasteiger partial charge in [-0.25, -0.2) is 0 Å². The molecule has 2 rings (SSSR count). The van der Waals surface area contributed by atoms with E-state index in [0.29, 0.717) is 17.9 Å². The van der Waals surface area contributed by atoms with Crippen molar-refractivity contribution in [2.75, 3.05) is 12.5 Å². The molecule has 0 bridgehead atoms. The van der Waals surface area contributed by atoms with E-state index in [1.165, 1.54) is 23.5 Å². The van der Waals surface area contributed by atoms with E-state index in [2.05, 4.69) is 0 Å². The average molecular weight is 330 g/mol. The molecule has 0 atom stereocenters. The highest BCUT2D eigenvalue weighted by molar-refractivity contribution is 8.21. The Hall–Kier alpha value is -1.65. The molecule has 0 heterocycles. The Kier molecular flexibility index (Phi) is 6.62. The van der Waals surface area contributed by atoms with Gasteiger partial charge in [0.25, 0.3) is 0 Å². The summed E-state index contributed by atoms with van der Waals surface area (Å²) in [6, 6.07) is 19.1. The predicted octanol–water partition coefficient (Wildman–Crippen LogP) is 4.98. The van der Waals surface area contributed by atoms with Crippen molar-refractivity contribution in [2.45, 2.75) is 6.61 Å². The van der Waals surface area contributed by atoms with Gasteiger partial charge in [-0.05, 0) is 18.1 Å². The van der Waals surface area contributed by atoms with Gasteiger partial charge in [0.05, 0.1) is 4.24 Å². The molecule has 0 unspecified atom stereocenters. The van der Waals surface area contributed by atoms with Crippen molar-refractivity contribution in [3.05, 3.63) is 81.8 Å². The number of carbonyl (C=O) groups is 1. The standard InChI is InChI=1S/C18H18O2S2/c1-21-18(22-2)17(16(19)15-11-7-4-8-12-15)20-13-14-9-5-3-6-10-14/h3-12H,13H2,1-2H3. The fourth-order valence-corrected chi connectivity index (χ4v) is 3.28. The third kappa shape index (κ3) is 4.42. The van der Waals surface area contributed by atoms with Gasteiger partial charge in [-0.15, -0.1) is 23.5 Å². The Bertz CT molecular complexity index is 631. The highest BCUT2D eigenvalue weighted by Gasteiger charge is 2.18. The maximum Gasteiger partial charge on any atom is 0.229 e. The van der Waals surface area contributed by atoms with Crippen LogP contribution in [0, 0.1) is 0 Å². The quantitative estimate of drug-likeness (QED) is 0.406. The van der Waals surface area contributed by atoms with E-state index in [1.807, 2.05) is 73.2 Å². The Morgan fingerprint density at radius 1 is 0.909 bits per heavy atom. The van der Waals surface area contributed by atoms with Crippen molar-refractivity contribution in [1.82, 2.24) is 0 Å². The van der Waals surface area contributed by atoms with Crippen LogP contribution >= 0.6 is 23.5 Å². The molecule has 0 spiro atoms. The molecule has 2 nitrogen and oxygen atoms in total. The summed E-state index contributed by atoms with van der Waals surface area (Å²) in [6.07, 6.45) is 3.91. The third-order valence-corrected chi connectivity index (χ3v) is 5.14. The number of carbonyl (C=O) groups excluding carboxylic acids is 1. The lowest BCUT2D eigenvalue weighted by molar-refractivity contribution is 0.0904. The van der Waals surface area contributed by atoms with Gasteiger partial charge in [-0.3, -0.25) is 4.79 Å². The molecule has 0 amide bonds. The summed E-state index contributed by atoms with van der Waals surface area (Å²) in [5.74, 6) is 0.352. The number of ether oxygens (including phenoxy) is 1. The Morgan fingerprint density at radius 3 is 2.00 bits per heavy atom. The summed E-state index contributed by atoms with van der Waals surface area (Å²) in [7, 11) is 0. The molecular formula is C18H18O2S2. The second-order valence-electron chi connectivity index (χ2n) is 4.49. The van der Waals surface area contributed by atoms with Crippen molar-refractivity contribution in [3.63, 3.8) is 0 Å². The lowest BCUT2D eigenvalue weighted by Gasteiger charge is -2.13. The molecule has 4 heteroatoms. The largest absolute Gasteiger partial charge is 0.483 e. The number of allylic oxidation sites excluding steroid dienone is 1. The molecule has 0 aliphatic rings. The van der Waals surface area contributed by atoms with E-state index < -0.39 is 0 Å². The second kappa shape index (κ2) is 8.71. The molecule has 2 aromatic rings. The van der Waals surface area contributed by atoms with E-state index in [4.69, 9.17) is 4.74 Å². The van der Waals surface area contributed by atoms with E-state index in [0.717, 1.165) is 9.80 Å². The van der Waals surface area contributed by atoms with Gasteiger partial charge in [0.1, 0.15) is 6.61 Å². The molecule has 0 aliphatic heterocycles. The smallest absolute Gasteiger partial charge is 0.229 e. The lowest BCUT2D eigenvalue weighted by atomic mass is 10.1. The maximum absolute atomic E-state index is 12.7. The van der Waals surface area contributed by atoms with E-state index >= 15 is 0 Å². The number of benzene rings is 2. The number of ketones is 1. The zero-order valence-electron chi connectivity index (χ0n) is 12.6. The second-order valence-corrected chi connectivity index (χ2v) is 6.39. The molecular weight excluding hydrogens is 312 g/mol. The van der Waals surface area contributed by atoms with E-state index in [-0.39, 0.29) is 5.78 Å². The van der Waals surface area contributed by atoms with Crippen LogP contribution in [0.5, 0.6) is 0 Å². The lowest BCUT2D eigenvalue weighted by Crippen LogP contribution is -2.09. The van der Waals surface area contributed by atoms with Crippen molar-refractivity contribution < 1.29 is 9.53 Å². The Labute approximate surface area is 140 Å². The van der Waals surface area contributed by atoms with Gasteiger partial charge in [-0.2, -0.15) is 0 Å². The Balaban J connectivity index is 2.24. The van der Waals surface area contributed by atoms with Gasteiger partial charge in [0, 0.05) is 5.56 Å².